The van der Waals surface area contributed by atoms with Crippen molar-refractivity contribution in [3.05, 3.63) is 0 Å². The van der Waals surface area contributed by atoms with E-state index in [9.17, 15) is 4.79 Å². The fourth-order valence-electron chi connectivity index (χ4n) is 1.15. The number of carbonyl (C=O) groups excluding carboxylic acids is 1. The Labute approximate surface area is 79.7 Å². The molecular formula is C9H18ClNO. The summed E-state index contributed by atoms with van der Waals surface area (Å²) in [4.78, 5) is 10.8. The lowest BCUT2D eigenvalue weighted by Gasteiger charge is -2.23. The summed E-state index contributed by atoms with van der Waals surface area (Å²) < 4.78 is 0. The van der Waals surface area contributed by atoms with Crippen LogP contribution in [0, 0.1) is 5.41 Å². The van der Waals surface area contributed by atoms with Gasteiger partial charge in [-0.1, -0.05) is 27.2 Å². The van der Waals surface area contributed by atoms with Gasteiger partial charge < -0.3 is 5.32 Å². The lowest BCUT2D eigenvalue weighted by atomic mass is 9.88. The molecule has 3 heteroatoms. The van der Waals surface area contributed by atoms with Crippen LogP contribution >= 0.6 is 11.6 Å². The maximum atomic E-state index is 10.8. The number of hydrogen-bond donors (Lipinski definition) is 1. The Morgan fingerprint density at radius 2 is 2.08 bits per heavy atom. The molecule has 0 aromatic heterocycles. The summed E-state index contributed by atoms with van der Waals surface area (Å²) in [7, 11) is 0. The summed E-state index contributed by atoms with van der Waals surface area (Å²) >= 11 is 5.35. The van der Waals surface area contributed by atoms with Crippen molar-refractivity contribution in [3.63, 3.8) is 0 Å². The van der Waals surface area contributed by atoms with Crippen LogP contribution < -0.4 is 5.32 Å². The Kier molecular flexibility index (Phi) is 5.31. The van der Waals surface area contributed by atoms with Gasteiger partial charge in [0.15, 0.2) is 0 Å². The average molecular weight is 192 g/mol. The van der Waals surface area contributed by atoms with Crippen molar-refractivity contribution in [2.75, 3.05) is 12.4 Å². The molecule has 0 aliphatic carbocycles. The smallest absolute Gasteiger partial charge is 0.234 e. The van der Waals surface area contributed by atoms with Crippen molar-refractivity contribution in [2.45, 2.75) is 33.6 Å². The molecule has 0 atom stereocenters. The van der Waals surface area contributed by atoms with Crippen LogP contribution in [0.25, 0.3) is 0 Å². The first-order valence-corrected chi connectivity index (χ1v) is 4.88. The highest BCUT2D eigenvalue weighted by atomic mass is 35.5. The zero-order chi connectivity index (χ0) is 9.61. The number of hydrogen-bond acceptors (Lipinski definition) is 1. The van der Waals surface area contributed by atoms with E-state index in [0.717, 1.165) is 12.8 Å². The zero-order valence-corrected chi connectivity index (χ0v) is 8.87. The van der Waals surface area contributed by atoms with E-state index in [1.54, 1.807) is 0 Å². The summed E-state index contributed by atoms with van der Waals surface area (Å²) in [6.07, 6.45) is 2.26. The van der Waals surface area contributed by atoms with Gasteiger partial charge in [0.05, 0.1) is 0 Å². The highest BCUT2D eigenvalue weighted by Gasteiger charge is 2.16. The highest BCUT2D eigenvalue weighted by Crippen LogP contribution is 2.20. The molecule has 0 aliphatic rings. The molecule has 0 fully saturated rings. The second-order valence-corrected chi connectivity index (χ2v) is 4.09. The van der Waals surface area contributed by atoms with Gasteiger partial charge in [-0.2, -0.15) is 0 Å². The SMILES string of the molecule is CCCC(C)(C)CNC(=O)CCl. The first-order chi connectivity index (χ1) is 5.52. The second-order valence-electron chi connectivity index (χ2n) is 3.82. The standard InChI is InChI=1S/C9H18ClNO/c1-4-5-9(2,3)7-11-8(12)6-10/h4-7H2,1-3H3,(H,11,12). The molecule has 0 heterocycles. The number of rotatable bonds is 5. The van der Waals surface area contributed by atoms with Crippen LogP contribution in [0.2, 0.25) is 0 Å². The predicted molar refractivity (Wildman–Crippen MR) is 52.4 cm³/mol. The molecule has 0 rings (SSSR count). The Morgan fingerprint density at radius 1 is 1.50 bits per heavy atom. The van der Waals surface area contributed by atoms with Crippen molar-refractivity contribution in [2.24, 2.45) is 5.41 Å². The van der Waals surface area contributed by atoms with Crippen LogP contribution in [-0.2, 0) is 4.79 Å². The van der Waals surface area contributed by atoms with E-state index in [1.807, 2.05) is 0 Å². The van der Waals surface area contributed by atoms with Gasteiger partial charge in [-0.3, -0.25) is 4.79 Å². The van der Waals surface area contributed by atoms with E-state index < -0.39 is 0 Å². The summed E-state index contributed by atoms with van der Waals surface area (Å²) in [6, 6.07) is 0. The van der Waals surface area contributed by atoms with E-state index in [2.05, 4.69) is 26.1 Å². The molecule has 0 spiro atoms. The van der Waals surface area contributed by atoms with E-state index in [4.69, 9.17) is 11.6 Å². The zero-order valence-electron chi connectivity index (χ0n) is 8.11. The molecule has 2 nitrogen and oxygen atoms in total. The van der Waals surface area contributed by atoms with Crippen molar-refractivity contribution >= 4 is 17.5 Å². The predicted octanol–water partition coefficient (Wildman–Crippen LogP) is 2.17. The van der Waals surface area contributed by atoms with Crippen molar-refractivity contribution < 1.29 is 4.79 Å². The van der Waals surface area contributed by atoms with Crippen LogP contribution in [0.3, 0.4) is 0 Å². The number of nitrogens with one attached hydrogen (secondary N) is 1. The van der Waals surface area contributed by atoms with Gasteiger partial charge in [0.1, 0.15) is 5.88 Å². The fourth-order valence-corrected chi connectivity index (χ4v) is 1.24. The van der Waals surface area contributed by atoms with Gasteiger partial charge in [-0.25, -0.2) is 0 Å². The number of carbonyl (C=O) groups is 1. The molecule has 0 aliphatic heterocycles. The maximum Gasteiger partial charge on any atom is 0.234 e. The third kappa shape index (κ3) is 5.42. The first-order valence-electron chi connectivity index (χ1n) is 4.34. The van der Waals surface area contributed by atoms with E-state index in [0.29, 0.717) is 6.54 Å². The molecular weight excluding hydrogens is 174 g/mol. The lowest BCUT2D eigenvalue weighted by Crippen LogP contribution is -2.34. The van der Waals surface area contributed by atoms with Gasteiger partial charge in [0.2, 0.25) is 5.91 Å². The van der Waals surface area contributed by atoms with E-state index in [1.165, 1.54) is 0 Å². The third-order valence-electron chi connectivity index (χ3n) is 1.81. The molecule has 12 heavy (non-hydrogen) atoms. The minimum absolute atomic E-state index is 0.0577. The van der Waals surface area contributed by atoms with Gasteiger partial charge in [-0.05, 0) is 11.8 Å². The Balaban J connectivity index is 3.67. The third-order valence-corrected chi connectivity index (χ3v) is 2.05. The largest absolute Gasteiger partial charge is 0.355 e. The molecule has 0 saturated carbocycles. The topological polar surface area (TPSA) is 29.1 Å². The van der Waals surface area contributed by atoms with E-state index in [-0.39, 0.29) is 17.2 Å². The quantitative estimate of drug-likeness (QED) is 0.664. The molecule has 0 saturated heterocycles. The van der Waals surface area contributed by atoms with Gasteiger partial charge >= 0.3 is 0 Å². The molecule has 1 amide bonds. The summed E-state index contributed by atoms with van der Waals surface area (Å²) in [6.45, 7) is 7.15. The average Bonchev–Trinajstić information content (AvgIpc) is 2.00. The van der Waals surface area contributed by atoms with Crippen molar-refractivity contribution in [1.82, 2.24) is 5.32 Å². The molecule has 0 aromatic rings. The van der Waals surface area contributed by atoms with Crippen molar-refractivity contribution in [1.29, 1.82) is 0 Å². The van der Waals surface area contributed by atoms with Crippen LogP contribution in [-0.4, -0.2) is 18.3 Å². The number of alkyl halides is 1. The van der Waals surface area contributed by atoms with Crippen LogP contribution in [0.5, 0.6) is 0 Å². The summed E-state index contributed by atoms with van der Waals surface area (Å²) in [5.74, 6) is -0.0248. The Hall–Kier alpha value is -0.240. The van der Waals surface area contributed by atoms with Crippen LogP contribution in [0.4, 0.5) is 0 Å². The molecule has 0 aromatic carbocycles. The molecule has 72 valence electrons. The molecule has 1 N–H and O–H groups in total. The normalized spacial score (nSPS) is 11.3. The van der Waals surface area contributed by atoms with Crippen LogP contribution in [0.1, 0.15) is 33.6 Å². The molecule has 0 radical (unpaired) electrons. The molecule has 0 unspecified atom stereocenters. The minimum Gasteiger partial charge on any atom is -0.355 e. The highest BCUT2D eigenvalue weighted by molar-refractivity contribution is 6.27. The lowest BCUT2D eigenvalue weighted by molar-refractivity contribution is -0.119. The second kappa shape index (κ2) is 5.41. The minimum atomic E-state index is -0.0826. The van der Waals surface area contributed by atoms with E-state index >= 15 is 0 Å². The Bertz CT molecular complexity index is 145. The van der Waals surface area contributed by atoms with Gasteiger partial charge in [0, 0.05) is 6.54 Å². The fraction of sp³-hybridized carbons (Fsp3) is 0.889. The maximum absolute atomic E-state index is 10.8. The van der Waals surface area contributed by atoms with Crippen molar-refractivity contribution in [3.8, 4) is 0 Å². The van der Waals surface area contributed by atoms with Gasteiger partial charge in [-0.15, -0.1) is 11.6 Å². The monoisotopic (exact) mass is 191 g/mol. The molecule has 0 bridgehead atoms. The van der Waals surface area contributed by atoms with Gasteiger partial charge in [0.25, 0.3) is 0 Å². The number of halogens is 1. The van der Waals surface area contributed by atoms with Crippen LogP contribution in [0.15, 0.2) is 0 Å². The number of amides is 1. The first kappa shape index (κ1) is 11.8. The summed E-state index contributed by atoms with van der Waals surface area (Å²) in [5, 5.41) is 2.79. The summed E-state index contributed by atoms with van der Waals surface area (Å²) in [5.41, 5.74) is 0.191. The Morgan fingerprint density at radius 3 is 2.50 bits per heavy atom.